The average Bonchev–Trinajstić information content (AvgIpc) is 2.87. The Kier molecular flexibility index (Phi) is 8.59. The molecule has 0 aliphatic rings. The van der Waals surface area contributed by atoms with Gasteiger partial charge in [-0.3, -0.25) is 19.2 Å². The highest BCUT2D eigenvalue weighted by Gasteiger charge is 2.31. The average molecular weight is 562 g/mol. The number of hydrogen-bond acceptors (Lipinski definition) is 8. The topological polar surface area (TPSA) is 145 Å². The van der Waals surface area contributed by atoms with Crippen LogP contribution < -0.4 is 14.4 Å². The molecule has 1 amide bonds. The van der Waals surface area contributed by atoms with Crippen molar-refractivity contribution >= 4 is 50.6 Å². The van der Waals surface area contributed by atoms with E-state index >= 15 is 0 Å². The zero-order valence-corrected chi connectivity index (χ0v) is 22.4. The highest BCUT2D eigenvalue weighted by Crippen LogP contribution is 2.36. The molecule has 3 aromatic rings. The van der Waals surface area contributed by atoms with E-state index in [1.165, 1.54) is 63.6 Å². The van der Waals surface area contributed by atoms with Crippen LogP contribution >= 0.6 is 11.6 Å². The Morgan fingerprint density at radius 3 is 2.34 bits per heavy atom. The predicted molar refractivity (Wildman–Crippen MR) is 142 cm³/mol. The van der Waals surface area contributed by atoms with E-state index in [0.29, 0.717) is 5.56 Å². The highest BCUT2D eigenvalue weighted by atomic mass is 35.5. The van der Waals surface area contributed by atoms with E-state index in [9.17, 15) is 28.1 Å². The van der Waals surface area contributed by atoms with Gasteiger partial charge in [0.2, 0.25) is 5.91 Å². The minimum absolute atomic E-state index is 0.0570. The number of carbonyl (C=O) groups excluding carboxylic acids is 2. The third kappa shape index (κ3) is 6.03. The lowest BCUT2D eigenvalue weighted by Crippen LogP contribution is -2.38. The molecule has 1 N–H and O–H groups in total. The molecular weight excluding hydrogens is 538 g/mol. The van der Waals surface area contributed by atoms with Crippen molar-refractivity contribution < 1.29 is 32.4 Å². The third-order valence-corrected chi connectivity index (χ3v) is 7.59. The maximum absolute atomic E-state index is 13.8. The summed E-state index contributed by atoms with van der Waals surface area (Å²) in [5.74, 6) is -1.28. The summed E-state index contributed by atoms with van der Waals surface area (Å²) in [6, 6.07) is 12.2. The van der Waals surface area contributed by atoms with Crippen LogP contribution in [0.15, 0.2) is 59.5 Å². The second-order valence-electron chi connectivity index (χ2n) is 8.10. The molecule has 3 rings (SSSR count). The van der Waals surface area contributed by atoms with Crippen molar-refractivity contribution in [1.29, 1.82) is 0 Å². The standard InChI is InChI=1S/C25H24ClN3O8S/c1-15-5-7-17(25(31)37-4)11-20(15)27-24(30)14-28(22-12-18(26)8-10-23(22)36-3)38(34,35)19-9-6-16(2)21(13-19)29(32)33/h5-13H,14H2,1-4H3,(H,27,30). The number of halogens is 1. The summed E-state index contributed by atoms with van der Waals surface area (Å²) in [6.45, 7) is 2.42. The van der Waals surface area contributed by atoms with E-state index in [1.54, 1.807) is 13.0 Å². The van der Waals surface area contributed by atoms with E-state index in [1.807, 2.05) is 0 Å². The molecule has 3 aromatic carbocycles. The Labute approximate surface area is 224 Å². The molecule has 11 nitrogen and oxygen atoms in total. The number of anilines is 2. The minimum atomic E-state index is -4.54. The molecule has 0 aliphatic carbocycles. The summed E-state index contributed by atoms with van der Waals surface area (Å²) in [5.41, 5.74) is 0.859. The van der Waals surface area contributed by atoms with Crippen molar-refractivity contribution in [1.82, 2.24) is 0 Å². The Morgan fingerprint density at radius 1 is 1.03 bits per heavy atom. The van der Waals surface area contributed by atoms with Crippen LogP contribution in [0.1, 0.15) is 21.5 Å². The van der Waals surface area contributed by atoms with Crippen LogP contribution in [0.2, 0.25) is 5.02 Å². The first-order valence-electron chi connectivity index (χ1n) is 11.0. The number of carbonyl (C=O) groups is 2. The number of methoxy groups -OCH3 is 2. The number of nitro groups is 1. The number of amides is 1. The van der Waals surface area contributed by atoms with Gasteiger partial charge in [-0.25, -0.2) is 13.2 Å². The highest BCUT2D eigenvalue weighted by molar-refractivity contribution is 7.92. The molecule has 0 unspecified atom stereocenters. The van der Waals surface area contributed by atoms with Gasteiger partial charge in [-0.05, 0) is 55.8 Å². The number of rotatable bonds is 9. The number of nitro benzene ring substituents is 1. The molecule has 0 spiro atoms. The maximum Gasteiger partial charge on any atom is 0.337 e. The van der Waals surface area contributed by atoms with Gasteiger partial charge in [0.05, 0.1) is 35.3 Å². The first-order valence-corrected chi connectivity index (χ1v) is 12.8. The molecule has 200 valence electrons. The molecule has 0 atom stereocenters. The van der Waals surface area contributed by atoms with Gasteiger partial charge in [-0.1, -0.05) is 23.7 Å². The molecule has 0 saturated carbocycles. The van der Waals surface area contributed by atoms with E-state index in [0.717, 1.165) is 10.4 Å². The fourth-order valence-electron chi connectivity index (χ4n) is 3.55. The van der Waals surface area contributed by atoms with Gasteiger partial charge in [0.25, 0.3) is 15.7 Å². The van der Waals surface area contributed by atoms with Gasteiger partial charge < -0.3 is 14.8 Å². The Morgan fingerprint density at radius 2 is 1.71 bits per heavy atom. The lowest BCUT2D eigenvalue weighted by Gasteiger charge is -2.26. The summed E-state index contributed by atoms with van der Waals surface area (Å²) in [4.78, 5) is 35.5. The molecule has 0 fully saturated rings. The fourth-order valence-corrected chi connectivity index (χ4v) is 5.16. The molecule has 0 aliphatic heterocycles. The molecule has 0 saturated heterocycles. The largest absolute Gasteiger partial charge is 0.495 e. The van der Waals surface area contributed by atoms with Crippen LogP contribution in [0.3, 0.4) is 0 Å². The zero-order chi connectivity index (χ0) is 28.2. The Bertz CT molecular complexity index is 1520. The lowest BCUT2D eigenvalue weighted by molar-refractivity contribution is -0.385. The smallest absolute Gasteiger partial charge is 0.337 e. The third-order valence-electron chi connectivity index (χ3n) is 5.59. The quantitative estimate of drug-likeness (QED) is 0.228. The van der Waals surface area contributed by atoms with Crippen LogP contribution in [0.5, 0.6) is 5.75 Å². The molecular formula is C25H24ClN3O8S. The van der Waals surface area contributed by atoms with Crippen LogP contribution in [0.4, 0.5) is 17.1 Å². The SMILES string of the molecule is COC(=O)c1ccc(C)c(NC(=O)CN(c2cc(Cl)ccc2OC)S(=O)(=O)c2ccc(C)c([N+](=O)[O-])c2)c1. The summed E-state index contributed by atoms with van der Waals surface area (Å²) in [6.07, 6.45) is 0. The van der Waals surface area contributed by atoms with E-state index in [2.05, 4.69) is 5.32 Å². The minimum Gasteiger partial charge on any atom is -0.495 e. The van der Waals surface area contributed by atoms with Gasteiger partial charge in [-0.2, -0.15) is 0 Å². The number of nitrogens with zero attached hydrogens (tertiary/aromatic N) is 2. The van der Waals surface area contributed by atoms with Gasteiger partial charge in [0.15, 0.2) is 0 Å². The number of ether oxygens (including phenoxy) is 2. The first kappa shape index (κ1) is 28.4. The molecule has 38 heavy (non-hydrogen) atoms. The van der Waals surface area contributed by atoms with Crippen molar-refractivity contribution in [2.75, 3.05) is 30.4 Å². The second kappa shape index (κ2) is 11.5. The molecule has 0 bridgehead atoms. The van der Waals surface area contributed by atoms with Crippen molar-refractivity contribution in [3.05, 3.63) is 86.4 Å². The zero-order valence-electron chi connectivity index (χ0n) is 20.8. The van der Waals surface area contributed by atoms with Crippen molar-refractivity contribution in [3.8, 4) is 5.75 Å². The normalized spacial score (nSPS) is 11.0. The number of benzene rings is 3. The molecule has 0 aromatic heterocycles. The summed E-state index contributed by atoms with van der Waals surface area (Å²) < 4.78 is 38.4. The predicted octanol–water partition coefficient (Wildman–Crippen LogP) is 4.49. The number of sulfonamides is 1. The fraction of sp³-hybridized carbons (Fsp3) is 0.200. The number of esters is 1. The summed E-state index contributed by atoms with van der Waals surface area (Å²) >= 11 is 6.14. The van der Waals surface area contributed by atoms with E-state index in [4.69, 9.17) is 21.1 Å². The second-order valence-corrected chi connectivity index (χ2v) is 10.4. The number of hydrogen-bond donors (Lipinski definition) is 1. The van der Waals surface area contributed by atoms with Crippen molar-refractivity contribution in [2.24, 2.45) is 0 Å². The Hall–Kier alpha value is -4.16. The van der Waals surface area contributed by atoms with Crippen LogP contribution in [-0.2, 0) is 19.6 Å². The van der Waals surface area contributed by atoms with Crippen molar-refractivity contribution in [3.63, 3.8) is 0 Å². The first-order chi connectivity index (χ1) is 17.9. The van der Waals surface area contributed by atoms with Gasteiger partial charge in [-0.15, -0.1) is 0 Å². The van der Waals surface area contributed by atoms with Crippen LogP contribution in [-0.4, -0.2) is 46.0 Å². The van der Waals surface area contributed by atoms with Crippen molar-refractivity contribution in [2.45, 2.75) is 18.7 Å². The Balaban J connectivity index is 2.09. The summed E-state index contributed by atoms with van der Waals surface area (Å²) in [5, 5.41) is 14.2. The lowest BCUT2D eigenvalue weighted by atomic mass is 10.1. The molecule has 13 heteroatoms. The number of aryl methyl sites for hydroxylation is 2. The maximum atomic E-state index is 13.8. The monoisotopic (exact) mass is 561 g/mol. The molecule has 0 heterocycles. The van der Waals surface area contributed by atoms with Gasteiger partial charge in [0, 0.05) is 22.3 Å². The molecule has 0 radical (unpaired) electrons. The van der Waals surface area contributed by atoms with Crippen LogP contribution in [0.25, 0.3) is 0 Å². The van der Waals surface area contributed by atoms with Gasteiger partial charge in [0.1, 0.15) is 12.3 Å². The van der Waals surface area contributed by atoms with Crippen LogP contribution in [0, 0.1) is 24.0 Å². The van der Waals surface area contributed by atoms with Gasteiger partial charge >= 0.3 is 5.97 Å². The van der Waals surface area contributed by atoms with E-state index in [-0.39, 0.29) is 33.3 Å². The van der Waals surface area contributed by atoms with E-state index < -0.39 is 44.0 Å². The summed E-state index contributed by atoms with van der Waals surface area (Å²) in [7, 11) is -2.01. The number of nitrogens with one attached hydrogen (secondary N) is 1.